The molecule has 0 spiro atoms. The van der Waals surface area contributed by atoms with Gasteiger partial charge in [0.25, 0.3) is 5.91 Å². The minimum atomic E-state index is -0.550. The molecule has 1 aliphatic heterocycles. The van der Waals surface area contributed by atoms with Crippen LogP contribution in [0.1, 0.15) is 22.8 Å². The Morgan fingerprint density at radius 1 is 1.12 bits per heavy atom. The number of esters is 1. The Labute approximate surface area is 150 Å². The summed E-state index contributed by atoms with van der Waals surface area (Å²) in [4.78, 5) is 34.9. The molecule has 1 aromatic heterocycles. The van der Waals surface area contributed by atoms with E-state index in [1.807, 2.05) is 31.2 Å². The van der Waals surface area contributed by atoms with E-state index in [1.165, 1.54) is 0 Å². The lowest BCUT2D eigenvalue weighted by atomic mass is 10.1. The van der Waals surface area contributed by atoms with Crippen LogP contribution in [0.4, 0.5) is 5.69 Å². The lowest BCUT2D eigenvalue weighted by Gasteiger charge is -2.22. The minimum absolute atomic E-state index is 0.0505. The lowest BCUT2D eigenvalue weighted by molar-refractivity contribution is -0.122. The number of hydrogen-bond acceptors (Lipinski definition) is 5. The van der Waals surface area contributed by atoms with Crippen LogP contribution in [0.3, 0.4) is 0 Å². The number of nitrogens with zero attached hydrogens (tertiary/aromatic N) is 3. The molecule has 4 rings (SSSR count). The van der Waals surface area contributed by atoms with Gasteiger partial charge in [-0.05, 0) is 43.2 Å². The fourth-order valence-electron chi connectivity index (χ4n) is 3.32. The van der Waals surface area contributed by atoms with Crippen LogP contribution in [0.15, 0.2) is 54.9 Å². The Morgan fingerprint density at radius 3 is 2.73 bits per heavy atom. The summed E-state index contributed by atoms with van der Waals surface area (Å²) in [5, 5.41) is 0. The molecule has 3 aromatic rings. The zero-order valence-corrected chi connectivity index (χ0v) is 14.3. The van der Waals surface area contributed by atoms with E-state index in [0.717, 1.165) is 17.7 Å². The number of aromatic nitrogens is 2. The lowest BCUT2D eigenvalue weighted by Crippen LogP contribution is -2.38. The first kappa shape index (κ1) is 16.2. The molecule has 1 atom stereocenters. The summed E-state index contributed by atoms with van der Waals surface area (Å²) < 4.78 is 5.24. The highest BCUT2D eigenvalue weighted by atomic mass is 16.5. The molecule has 2 aromatic carbocycles. The maximum atomic E-state index is 12.6. The highest BCUT2D eigenvalue weighted by molar-refractivity contribution is 5.99. The molecule has 6 nitrogen and oxygen atoms in total. The van der Waals surface area contributed by atoms with Crippen LogP contribution in [0.5, 0.6) is 0 Å². The molecule has 6 heteroatoms. The van der Waals surface area contributed by atoms with Crippen molar-refractivity contribution in [3.8, 4) is 0 Å². The largest absolute Gasteiger partial charge is 0.452 e. The SMILES string of the molecule is C[C@@H]1Cc2ccccc2N1C(=O)COC(=O)c1ccc2nccnc2c1. The highest BCUT2D eigenvalue weighted by Gasteiger charge is 2.31. The van der Waals surface area contributed by atoms with Crippen molar-refractivity contribution < 1.29 is 14.3 Å². The number of anilines is 1. The van der Waals surface area contributed by atoms with Crippen molar-refractivity contribution in [1.29, 1.82) is 0 Å². The molecule has 0 radical (unpaired) electrons. The minimum Gasteiger partial charge on any atom is -0.452 e. The average molecular weight is 347 g/mol. The summed E-state index contributed by atoms with van der Waals surface area (Å²) in [5.74, 6) is -0.776. The van der Waals surface area contributed by atoms with Gasteiger partial charge in [0.1, 0.15) is 0 Å². The second-order valence-electron chi connectivity index (χ2n) is 6.28. The summed E-state index contributed by atoms with van der Waals surface area (Å²) in [5.41, 5.74) is 3.67. The topological polar surface area (TPSA) is 72.4 Å². The van der Waals surface area contributed by atoms with E-state index < -0.39 is 5.97 Å². The number of hydrogen-bond donors (Lipinski definition) is 0. The van der Waals surface area contributed by atoms with Gasteiger partial charge in [-0.1, -0.05) is 18.2 Å². The van der Waals surface area contributed by atoms with Crippen molar-refractivity contribution in [2.24, 2.45) is 0 Å². The second-order valence-corrected chi connectivity index (χ2v) is 6.28. The Hall–Kier alpha value is -3.28. The molecule has 0 bridgehead atoms. The van der Waals surface area contributed by atoms with Gasteiger partial charge in [-0.2, -0.15) is 0 Å². The van der Waals surface area contributed by atoms with Gasteiger partial charge < -0.3 is 9.64 Å². The normalized spacial score (nSPS) is 15.7. The zero-order chi connectivity index (χ0) is 18.1. The molecule has 130 valence electrons. The Bertz CT molecular complexity index is 1000. The third-order valence-corrected chi connectivity index (χ3v) is 4.51. The van der Waals surface area contributed by atoms with Crippen LogP contribution in [0.2, 0.25) is 0 Å². The van der Waals surface area contributed by atoms with Crippen LogP contribution in [-0.4, -0.2) is 34.5 Å². The summed E-state index contributed by atoms with van der Waals surface area (Å²) in [6.07, 6.45) is 3.96. The average Bonchev–Trinajstić information content (AvgIpc) is 3.01. The molecular weight excluding hydrogens is 330 g/mol. The molecular formula is C20H17N3O3. The second kappa shape index (κ2) is 6.55. The highest BCUT2D eigenvalue weighted by Crippen LogP contribution is 2.31. The summed E-state index contributed by atoms with van der Waals surface area (Å²) in [7, 11) is 0. The van der Waals surface area contributed by atoms with Crippen LogP contribution in [0, 0.1) is 0 Å². The van der Waals surface area contributed by atoms with Gasteiger partial charge >= 0.3 is 5.97 Å². The predicted molar refractivity (Wildman–Crippen MR) is 96.9 cm³/mol. The van der Waals surface area contributed by atoms with Gasteiger partial charge in [0.05, 0.1) is 16.6 Å². The number of benzene rings is 2. The molecule has 0 saturated carbocycles. The van der Waals surface area contributed by atoms with Gasteiger partial charge in [-0.3, -0.25) is 14.8 Å². The van der Waals surface area contributed by atoms with E-state index in [-0.39, 0.29) is 18.6 Å². The van der Waals surface area contributed by atoms with Gasteiger partial charge in [0.15, 0.2) is 6.61 Å². The van der Waals surface area contributed by atoms with E-state index in [4.69, 9.17) is 4.74 Å². The van der Waals surface area contributed by atoms with E-state index in [1.54, 1.807) is 35.5 Å². The molecule has 0 fully saturated rings. The molecule has 0 saturated heterocycles. The van der Waals surface area contributed by atoms with E-state index in [0.29, 0.717) is 16.6 Å². The summed E-state index contributed by atoms with van der Waals surface area (Å²) in [6, 6.07) is 12.8. The van der Waals surface area contributed by atoms with Gasteiger partial charge in [-0.25, -0.2) is 4.79 Å². The maximum Gasteiger partial charge on any atom is 0.338 e. The number of carbonyl (C=O) groups excluding carboxylic acids is 2. The third-order valence-electron chi connectivity index (χ3n) is 4.51. The number of amides is 1. The summed E-state index contributed by atoms with van der Waals surface area (Å²) >= 11 is 0. The van der Waals surface area contributed by atoms with Crippen LogP contribution in [0.25, 0.3) is 11.0 Å². The van der Waals surface area contributed by atoms with Crippen molar-refractivity contribution in [2.75, 3.05) is 11.5 Å². The van der Waals surface area contributed by atoms with E-state index >= 15 is 0 Å². The zero-order valence-electron chi connectivity index (χ0n) is 14.3. The molecule has 1 amide bonds. The third kappa shape index (κ3) is 2.90. The predicted octanol–water partition coefficient (Wildman–Crippen LogP) is 2.76. The monoisotopic (exact) mass is 347 g/mol. The van der Waals surface area contributed by atoms with Crippen LogP contribution >= 0.6 is 0 Å². The quantitative estimate of drug-likeness (QED) is 0.681. The molecule has 0 N–H and O–H groups in total. The van der Waals surface area contributed by atoms with Gasteiger partial charge in [0, 0.05) is 24.1 Å². The maximum absolute atomic E-state index is 12.6. The van der Waals surface area contributed by atoms with E-state index in [9.17, 15) is 9.59 Å². The van der Waals surface area contributed by atoms with Gasteiger partial charge in [-0.15, -0.1) is 0 Å². The first-order valence-corrected chi connectivity index (χ1v) is 8.41. The number of ether oxygens (including phenoxy) is 1. The van der Waals surface area contributed by atoms with Crippen molar-refractivity contribution in [2.45, 2.75) is 19.4 Å². The van der Waals surface area contributed by atoms with Crippen molar-refractivity contribution >= 4 is 28.6 Å². The molecule has 0 aliphatic carbocycles. The smallest absolute Gasteiger partial charge is 0.338 e. The van der Waals surface area contributed by atoms with Gasteiger partial charge in [0.2, 0.25) is 0 Å². The Kier molecular flexibility index (Phi) is 4.08. The molecule has 2 heterocycles. The fourth-order valence-corrected chi connectivity index (χ4v) is 3.32. The summed E-state index contributed by atoms with van der Waals surface area (Å²) in [6.45, 7) is 1.69. The first-order chi connectivity index (χ1) is 12.6. The van der Waals surface area contributed by atoms with E-state index in [2.05, 4.69) is 9.97 Å². The Balaban J connectivity index is 1.46. The van der Waals surface area contributed by atoms with Crippen LogP contribution < -0.4 is 4.90 Å². The Morgan fingerprint density at radius 2 is 1.88 bits per heavy atom. The van der Waals surface area contributed by atoms with Crippen molar-refractivity contribution in [3.05, 3.63) is 66.0 Å². The fraction of sp³-hybridized carbons (Fsp3) is 0.200. The first-order valence-electron chi connectivity index (χ1n) is 8.41. The standard InChI is InChI=1S/C20H17N3O3/c1-13-10-14-4-2-3-5-18(14)23(13)19(24)12-26-20(25)15-6-7-16-17(11-15)22-9-8-21-16/h2-9,11,13H,10,12H2,1H3/t13-/m1/s1. The number of carbonyl (C=O) groups is 2. The number of rotatable bonds is 3. The van der Waals surface area contributed by atoms with Crippen molar-refractivity contribution in [3.63, 3.8) is 0 Å². The number of para-hydroxylation sites is 1. The number of fused-ring (bicyclic) bond motifs is 2. The van der Waals surface area contributed by atoms with Crippen LogP contribution in [-0.2, 0) is 16.0 Å². The van der Waals surface area contributed by atoms with Crippen molar-refractivity contribution in [1.82, 2.24) is 9.97 Å². The molecule has 0 unspecified atom stereocenters. The molecule has 1 aliphatic rings. The molecule has 26 heavy (non-hydrogen) atoms.